The first-order valence-electron chi connectivity index (χ1n) is 5.31. The highest BCUT2D eigenvalue weighted by Crippen LogP contribution is 2.19. The van der Waals surface area contributed by atoms with Gasteiger partial charge in [-0.15, -0.1) is 0 Å². The molecule has 4 nitrogen and oxygen atoms in total. The zero-order chi connectivity index (χ0) is 11.0. The number of carbonyl (C=O) groups excluding carboxylic acids is 1. The van der Waals surface area contributed by atoms with Crippen LogP contribution in [0.3, 0.4) is 0 Å². The van der Waals surface area contributed by atoms with Crippen molar-refractivity contribution in [2.45, 2.75) is 6.42 Å². The van der Waals surface area contributed by atoms with Gasteiger partial charge in [0.1, 0.15) is 5.82 Å². The average molecular weight is 213 g/mol. The summed E-state index contributed by atoms with van der Waals surface area (Å²) in [4.78, 5) is 21.9. The summed E-state index contributed by atoms with van der Waals surface area (Å²) in [5, 5.41) is 1.02. The van der Waals surface area contributed by atoms with Crippen LogP contribution >= 0.6 is 0 Å². The van der Waals surface area contributed by atoms with E-state index in [0.29, 0.717) is 13.0 Å². The summed E-state index contributed by atoms with van der Waals surface area (Å²) < 4.78 is 0. The second kappa shape index (κ2) is 3.56. The zero-order valence-corrected chi connectivity index (χ0v) is 8.76. The molecule has 2 aromatic rings. The van der Waals surface area contributed by atoms with Crippen LogP contribution in [0.15, 0.2) is 30.5 Å². The Hall–Kier alpha value is -1.97. The summed E-state index contributed by atoms with van der Waals surface area (Å²) in [6, 6.07) is 7.81. The molecule has 4 heteroatoms. The van der Waals surface area contributed by atoms with Crippen molar-refractivity contribution in [1.29, 1.82) is 0 Å². The van der Waals surface area contributed by atoms with Crippen molar-refractivity contribution in [3.63, 3.8) is 0 Å². The Balaban J connectivity index is 2.02. The van der Waals surface area contributed by atoms with Crippen LogP contribution in [-0.2, 0) is 4.79 Å². The van der Waals surface area contributed by atoms with Crippen LogP contribution in [-0.4, -0.2) is 28.8 Å². The number of aromatic nitrogens is 2. The first kappa shape index (κ1) is 9.27. The fourth-order valence-electron chi connectivity index (χ4n) is 1.95. The van der Waals surface area contributed by atoms with Crippen molar-refractivity contribution < 1.29 is 4.79 Å². The van der Waals surface area contributed by atoms with Crippen molar-refractivity contribution in [2.75, 3.05) is 18.0 Å². The Labute approximate surface area is 92.9 Å². The van der Waals surface area contributed by atoms with E-state index >= 15 is 0 Å². The Morgan fingerprint density at radius 1 is 1.25 bits per heavy atom. The standard InChI is InChI=1S/C12H11N3O/c16-10-5-7-15(8-10)11-4-3-9-2-1-6-13-12(9)14-11/h1-4,6H,5,7-8H2. The quantitative estimate of drug-likeness (QED) is 0.718. The number of fused-ring (bicyclic) bond motifs is 1. The lowest BCUT2D eigenvalue weighted by molar-refractivity contribution is -0.116. The lowest BCUT2D eigenvalue weighted by Crippen LogP contribution is -2.20. The van der Waals surface area contributed by atoms with Gasteiger partial charge in [-0.25, -0.2) is 9.97 Å². The number of anilines is 1. The normalized spacial score (nSPS) is 16.0. The highest BCUT2D eigenvalue weighted by Gasteiger charge is 2.20. The number of pyridine rings is 2. The van der Waals surface area contributed by atoms with Crippen molar-refractivity contribution in [3.8, 4) is 0 Å². The van der Waals surface area contributed by atoms with Crippen LogP contribution in [0.1, 0.15) is 6.42 Å². The van der Waals surface area contributed by atoms with Crippen molar-refractivity contribution >= 4 is 22.6 Å². The van der Waals surface area contributed by atoms with Crippen molar-refractivity contribution in [2.24, 2.45) is 0 Å². The van der Waals surface area contributed by atoms with E-state index in [1.165, 1.54) is 0 Å². The number of carbonyl (C=O) groups is 1. The number of rotatable bonds is 1. The van der Waals surface area contributed by atoms with Gasteiger partial charge < -0.3 is 4.90 Å². The van der Waals surface area contributed by atoms with Gasteiger partial charge in [0.05, 0.1) is 6.54 Å². The molecule has 1 aliphatic rings. The van der Waals surface area contributed by atoms with E-state index in [9.17, 15) is 4.79 Å². The molecule has 0 N–H and O–H groups in total. The van der Waals surface area contributed by atoms with Gasteiger partial charge in [-0.05, 0) is 24.3 Å². The van der Waals surface area contributed by atoms with Gasteiger partial charge in [-0.3, -0.25) is 4.79 Å². The average Bonchev–Trinajstić information content (AvgIpc) is 2.75. The molecule has 0 bridgehead atoms. The molecule has 0 amide bonds. The maximum Gasteiger partial charge on any atom is 0.161 e. The SMILES string of the molecule is O=C1CCN(c2ccc3cccnc3n2)C1. The van der Waals surface area contributed by atoms with Crippen molar-refractivity contribution in [3.05, 3.63) is 30.5 Å². The van der Waals surface area contributed by atoms with Crippen LogP contribution < -0.4 is 4.90 Å². The van der Waals surface area contributed by atoms with Gasteiger partial charge in [0.15, 0.2) is 11.4 Å². The summed E-state index contributed by atoms with van der Waals surface area (Å²) >= 11 is 0. The van der Waals surface area contributed by atoms with E-state index in [2.05, 4.69) is 9.97 Å². The van der Waals surface area contributed by atoms with Gasteiger partial charge >= 0.3 is 0 Å². The smallest absolute Gasteiger partial charge is 0.161 e. The predicted molar refractivity (Wildman–Crippen MR) is 61.4 cm³/mol. The van der Waals surface area contributed by atoms with Crippen LogP contribution in [0, 0.1) is 0 Å². The van der Waals surface area contributed by atoms with Crippen molar-refractivity contribution in [1.82, 2.24) is 9.97 Å². The van der Waals surface area contributed by atoms with Gasteiger partial charge in [-0.2, -0.15) is 0 Å². The topological polar surface area (TPSA) is 46.1 Å². The molecule has 16 heavy (non-hydrogen) atoms. The second-order valence-electron chi connectivity index (χ2n) is 3.93. The lowest BCUT2D eigenvalue weighted by atomic mass is 10.3. The summed E-state index contributed by atoms with van der Waals surface area (Å²) in [5.74, 6) is 1.12. The molecule has 0 aromatic carbocycles. The monoisotopic (exact) mass is 213 g/mol. The van der Waals surface area contributed by atoms with Crippen LogP contribution in [0.5, 0.6) is 0 Å². The number of hydrogen-bond donors (Lipinski definition) is 0. The zero-order valence-electron chi connectivity index (χ0n) is 8.76. The Kier molecular flexibility index (Phi) is 2.06. The fourth-order valence-corrected chi connectivity index (χ4v) is 1.95. The molecule has 3 heterocycles. The highest BCUT2D eigenvalue weighted by atomic mass is 16.1. The molecule has 0 aliphatic carbocycles. The second-order valence-corrected chi connectivity index (χ2v) is 3.93. The fraction of sp³-hybridized carbons (Fsp3) is 0.250. The maximum atomic E-state index is 11.2. The van der Waals surface area contributed by atoms with E-state index in [-0.39, 0.29) is 5.78 Å². The van der Waals surface area contributed by atoms with Crippen LogP contribution in [0.2, 0.25) is 0 Å². The van der Waals surface area contributed by atoms with Gasteiger partial charge in [0.25, 0.3) is 0 Å². The van der Waals surface area contributed by atoms with E-state index in [0.717, 1.165) is 23.4 Å². The third-order valence-electron chi connectivity index (χ3n) is 2.80. The minimum atomic E-state index is 0.280. The molecule has 0 saturated carbocycles. The Morgan fingerprint density at radius 3 is 3.00 bits per heavy atom. The Morgan fingerprint density at radius 2 is 2.19 bits per heavy atom. The Bertz CT molecular complexity index is 553. The molecule has 0 unspecified atom stereocenters. The third-order valence-corrected chi connectivity index (χ3v) is 2.80. The molecule has 0 radical (unpaired) electrons. The van der Waals surface area contributed by atoms with E-state index in [1.807, 2.05) is 29.2 Å². The largest absolute Gasteiger partial charge is 0.349 e. The first-order chi connectivity index (χ1) is 7.83. The summed E-state index contributed by atoms with van der Waals surface area (Å²) in [6.07, 6.45) is 2.36. The maximum absolute atomic E-state index is 11.2. The van der Waals surface area contributed by atoms with Gasteiger partial charge in [-0.1, -0.05) is 0 Å². The van der Waals surface area contributed by atoms with Gasteiger partial charge in [0.2, 0.25) is 0 Å². The predicted octanol–water partition coefficient (Wildman–Crippen LogP) is 1.41. The summed E-state index contributed by atoms with van der Waals surface area (Å²) in [7, 11) is 0. The van der Waals surface area contributed by atoms with Crippen LogP contribution in [0.4, 0.5) is 5.82 Å². The molecule has 0 spiro atoms. The van der Waals surface area contributed by atoms with E-state index < -0.39 is 0 Å². The highest BCUT2D eigenvalue weighted by molar-refractivity contribution is 5.87. The molecule has 1 aliphatic heterocycles. The number of Topliss-reactive ketones (excluding diaryl/α,β-unsaturated/α-hetero) is 1. The molecule has 0 atom stereocenters. The number of hydrogen-bond acceptors (Lipinski definition) is 4. The lowest BCUT2D eigenvalue weighted by Gasteiger charge is -2.15. The molecule has 80 valence electrons. The summed E-state index contributed by atoms with van der Waals surface area (Å²) in [6.45, 7) is 1.25. The van der Waals surface area contributed by atoms with Gasteiger partial charge in [0, 0.05) is 24.5 Å². The number of ketones is 1. The summed E-state index contributed by atoms with van der Waals surface area (Å²) in [5.41, 5.74) is 0.736. The molecule has 1 fully saturated rings. The molecule has 2 aromatic heterocycles. The molecular formula is C12H11N3O. The molecule has 3 rings (SSSR count). The number of nitrogens with zero attached hydrogens (tertiary/aromatic N) is 3. The minimum Gasteiger partial charge on any atom is -0.349 e. The minimum absolute atomic E-state index is 0.280. The molecular weight excluding hydrogens is 202 g/mol. The van der Waals surface area contributed by atoms with Crippen LogP contribution in [0.25, 0.3) is 11.0 Å². The van der Waals surface area contributed by atoms with E-state index in [1.54, 1.807) is 6.20 Å². The van der Waals surface area contributed by atoms with E-state index in [4.69, 9.17) is 0 Å². The first-order valence-corrected chi connectivity index (χ1v) is 5.31. The molecule has 1 saturated heterocycles. The third kappa shape index (κ3) is 1.52.